The Morgan fingerprint density at radius 3 is 3.00 bits per heavy atom. The first-order chi connectivity index (χ1) is 6.15. The molecule has 70 valence electrons. The fraction of sp³-hybridized carbons (Fsp3) is 0.250. The topological polar surface area (TPSA) is 60.4 Å². The highest BCUT2D eigenvalue weighted by molar-refractivity contribution is 5.93. The van der Waals surface area contributed by atoms with Gasteiger partial charge in [-0.3, -0.25) is 4.79 Å². The highest BCUT2D eigenvalue weighted by atomic mass is 19.2. The molecule has 1 heterocycles. The molecule has 1 aromatic heterocycles. The minimum absolute atomic E-state index is 0.0864. The van der Waals surface area contributed by atoms with Crippen molar-refractivity contribution in [2.75, 3.05) is 0 Å². The van der Waals surface area contributed by atoms with Gasteiger partial charge in [0.25, 0.3) is 0 Å². The third-order valence-electron chi connectivity index (χ3n) is 1.63. The minimum atomic E-state index is -0.154. The van der Waals surface area contributed by atoms with E-state index in [4.69, 9.17) is 5.73 Å². The summed E-state index contributed by atoms with van der Waals surface area (Å²) >= 11 is 0. The number of carbonyl (C=O) groups excluding carboxylic acids is 1. The summed E-state index contributed by atoms with van der Waals surface area (Å²) in [6, 6.07) is 3.34. The van der Waals surface area contributed by atoms with Crippen LogP contribution < -0.4 is 5.73 Å². The standard InChI is InChI=1S/C8H10FN3O/c1-6(13)7-3-2-4-12(7)5-8(10)11-9/h2-4H,5H2,1H3,(H2,10,11). The Kier molecular flexibility index (Phi) is 2.79. The number of carbonyl (C=O) groups is 1. The second-order valence-corrected chi connectivity index (χ2v) is 2.65. The van der Waals surface area contributed by atoms with Crippen molar-refractivity contribution in [3.8, 4) is 0 Å². The van der Waals surface area contributed by atoms with E-state index in [0.717, 1.165) is 0 Å². The molecule has 0 fully saturated rings. The molecular formula is C8H10FN3O. The molecule has 0 spiro atoms. The Labute approximate surface area is 74.8 Å². The summed E-state index contributed by atoms with van der Waals surface area (Å²) in [5, 5.41) is 2.33. The predicted octanol–water partition coefficient (Wildman–Crippen LogP) is 0.932. The van der Waals surface area contributed by atoms with Crippen LogP contribution in [0.5, 0.6) is 0 Å². The van der Waals surface area contributed by atoms with Gasteiger partial charge in [-0.15, -0.1) is 0 Å². The van der Waals surface area contributed by atoms with Crippen LogP contribution in [0.3, 0.4) is 0 Å². The molecule has 2 N–H and O–H groups in total. The second-order valence-electron chi connectivity index (χ2n) is 2.65. The van der Waals surface area contributed by atoms with Crippen molar-refractivity contribution in [1.29, 1.82) is 0 Å². The number of amidine groups is 1. The van der Waals surface area contributed by atoms with Crippen LogP contribution >= 0.6 is 0 Å². The minimum Gasteiger partial charge on any atom is -0.384 e. The summed E-state index contributed by atoms with van der Waals surface area (Å²) in [6.07, 6.45) is 1.65. The average molecular weight is 183 g/mol. The van der Waals surface area contributed by atoms with Crippen LogP contribution in [0.1, 0.15) is 17.4 Å². The number of halogens is 1. The molecule has 0 saturated heterocycles. The first-order valence-corrected chi connectivity index (χ1v) is 3.74. The molecule has 0 aliphatic carbocycles. The molecule has 1 aromatic rings. The van der Waals surface area contributed by atoms with Crippen LogP contribution in [0.4, 0.5) is 4.48 Å². The summed E-state index contributed by atoms with van der Waals surface area (Å²) in [6.45, 7) is 1.53. The van der Waals surface area contributed by atoms with Crippen LogP contribution in [0.15, 0.2) is 23.5 Å². The lowest BCUT2D eigenvalue weighted by Crippen LogP contribution is -2.20. The molecule has 4 nitrogen and oxygen atoms in total. The molecule has 0 amide bonds. The number of hydrogen-bond acceptors (Lipinski definition) is 2. The Morgan fingerprint density at radius 1 is 1.77 bits per heavy atom. The van der Waals surface area contributed by atoms with Crippen molar-refractivity contribution in [3.63, 3.8) is 0 Å². The third kappa shape index (κ3) is 2.14. The lowest BCUT2D eigenvalue weighted by molar-refractivity contribution is 0.101. The highest BCUT2D eigenvalue weighted by Gasteiger charge is 2.06. The van der Waals surface area contributed by atoms with Gasteiger partial charge in [0, 0.05) is 13.1 Å². The van der Waals surface area contributed by atoms with Crippen molar-refractivity contribution in [1.82, 2.24) is 4.57 Å². The number of nitrogens with two attached hydrogens (primary N) is 1. The Morgan fingerprint density at radius 2 is 2.46 bits per heavy atom. The maximum Gasteiger partial charge on any atom is 0.176 e. The Hall–Kier alpha value is -1.65. The van der Waals surface area contributed by atoms with Crippen LogP contribution in [-0.4, -0.2) is 16.2 Å². The van der Waals surface area contributed by atoms with E-state index >= 15 is 0 Å². The number of hydrogen-bond donors (Lipinski definition) is 1. The van der Waals surface area contributed by atoms with E-state index in [1.165, 1.54) is 6.92 Å². The van der Waals surface area contributed by atoms with Gasteiger partial charge in [0.15, 0.2) is 11.6 Å². The van der Waals surface area contributed by atoms with E-state index in [1.54, 1.807) is 22.9 Å². The fourth-order valence-electron chi connectivity index (χ4n) is 1.07. The lowest BCUT2D eigenvalue weighted by Gasteiger charge is -2.04. The van der Waals surface area contributed by atoms with Crippen molar-refractivity contribution in [2.45, 2.75) is 13.5 Å². The van der Waals surface area contributed by atoms with Gasteiger partial charge in [-0.1, -0.05) is 9.70 Å². The van der Waals surface area contributed by atoms with Crippen LogP contribution in [0.2, 0.25) is 0 Å². The van der Waals surface area contributed by atoms with E-state index in [1.807, 2.05) is 0 Å². The van der Waals surface area contributed by atoms with Crippen LogP contribution in [0.25, 0.3) is 0 Å². The lowest BCUT2D eigenvalue weighted by atomic mass is 10.3. The molecule has 0 unspecified atom stereocenters. The maximum absolute atomic E-state index is 11.7. The molecule has 1 rings (SSSR count). The zero-order valence-electron chi connectivity index (χ0n) is 7.20. The largest absolute Gasteiger partial charge is 0.384 e. The number of nitrogens with zero attached hydrogens (tertiary/aromatic N) is 2. The van der Waals surface area contributed by atoms with Crippen molar-refractivity contribution in [3.05, 3.63) is 24.0 Å². The third-order valence-corrected chi connectivity index (χ3v) is 1.63. The number of Topliss-reactive ketones (excluding diaryl/α,β-unsaturated/α-hetero) is 1. The van der Waals surface area contributed by atoms with E-state index in [9.17, 15) is 9.28 Å². The summed E-state index contributed by atoms with van der Waals surface area (Å²) in [5.74, 6) is -0.240. The molecule has 13 heavy (non-hydrogen) atoms. The van der Waals surface area contributed by atoms with Gasteiger partial charge < -0.3 is 10.3 Å². The fourth-order valence-corrected chi connectivity index (χ4v) is 1.07. The zero-order valence-corrected chi connectivity index (χ0v) is 7.20. The molecule has 0 aliphatic rings. The van der Waals surface area contributed by atoms with Gasteiger partial charge in [0.1, 0.15) is 0 Å². The van der Waals surface area contributed by atoms with E-state index in [0.29, 0.717) is 5.69 Å². The SMILES string of the molecule is CC(=O)c1cccn1C/C(N)=N/F. The van der Waals surface area contributed by atoms with Gasteiger partial charge >= 0.3 is 0 Å². The molecular weight excluding hydrogens is 173 g/mol. The second kappa shape index (κ2) is 3.84. The first-order valence-electron chi connectivity index (χ1n) is 3.74. The number of rotatable bonds is 3. The number of aromatic nitrogens is 1. The van der Waals surface area contributed by atoms with Gasteiger partial charge in [-0.05, 0) is 12.1 Å². The van der Waals surface area contributed by atoms with Gasteiger partial charge in [0.2, 0.25) is 0 Å². The summed E-state index contributed by atoms with van der Waals surface area (Å²) in [4.78, 5) is 11.0. The summed E-state index contributed by atoms with van der Waals surface area (Å²) in [5.41, 5.74) is 5.67. The van der Waals surface area contributed by atoms with Gasteiger partial charge in [-0.25, -0.2) is 0 Å². The van der Waals surface area contributed by atoms with Gasteiger partial charge in [0.05, 0.1) is 12.2 Å². The molecule has 0 bridgehead atoms. The molecule has 0 atom stereocenters. The predicted molar refractivity (Wildman–Crippen MR) is 47.2 cm³/mol. The Balaban J connectivity index is 2.89. The molecule has 0 radical (unpaired) electrons. The molecule has 0 aromatic carbocycles. The van der Waals surface area contributed by atoms with E-state index in [2.05, 4.69) is 5.21 Å². The van der Waals surface area contributed by atoms with Crippen molar-refractivity contribution < 1.29 is 9.28 Å². The van der Waals surface area contributed by atoms with Crippen LogP contribution in [0, 0.1) is 0 Å². The van der Waals surface area contributed by atoms with Gasteiger partial charge in [-0.2, -0.15) is 0 Å². The Bertz CT molecular complexity index is 343. The summed E-state index contributed by atoms with van der Waals surface area (Å²) in [7, 11) is 0. The normalized spacial score (nSPS) is 11.7. The first kappa shape index (κ1) is 9.44. The maximum atomic E-state index is 11.7. The smallest absolute Gasteiger partial charge is 0.176 e. The zero-order chi connectivity index (χ0) is 9.84. The van der Waals surface area contributed by atoms with Crippen LogP contribution in [-0.2, 0) is 6.54 Å². The van der Waals surface area contributed by atoms with E-state index < -0.39 is 0 Å². The van der Waals surface area contributed by atoms with E-state index in [-0.39, 0.29) is 18.2 Å². The molecule has 5 heteroatoms. The highest BCUT2D eigenvalue weighted by Crippen LogP contribution is 2.02. The van der Waals surface area contributed by atoms with Crippen molar-refractivity contribution in [2.24, 2.45) is 10.9 Å². The van der Waals surface area contributed by atoms with Crippen molar-refractivity contribution >= 4 is 11.6 Å². The molecule has 0 aliphatic heterocycles. The molecule has 0 saturated carbocycles. The quantitative estimate of drug-likeness (QED) is 0.430. The summed E-state index contributed by atoms with van der Waals surface area (Å²) < 4.78 is 13.2. The monoisotopic (exact) mass is 183 g/mol. The number of ketones is 1. The average Bonchev–Trinajstić information content (AvgIpc) is 2.52.